The SMILES string of the molecule is C=C(C)C(=O)OCCOc1c2cc(C)cc1Cc1cc(C)cc(c1OCCOC(=O)C(=C)C)Cc1cc(C)cc(c1OCCOC(=O)C(=C)C)Cc1cc(C)cc(c1OCCOC(=O)/C=C\C(=O)OC)C2. The summed E-state index contributed by atoms with van der Waals surface area (Å²) in [6.45, 7) is 23.8. The van der Waals surface area contributed by atoms with E-state index < -0.39 is 29.8 Å². The van der Waals surface area contributed by atoms with Crippen LogP contribution in [0.25, 0.3) is 0 Å². The number of benzene rings is 4. The van der Waals surface area contributed by atoms with Crippen molar-refractivity contribution in [1.82, 2.24) is 0 Å². The highest BCUT2D eigenvalue weighted by atomic mass is 16.6. The third-order valence-electron chi connectivity index (χ3n) is 10.9. The van der Waals surface area contributed by atoms with Gasteiger partial charge in [0.2, 0.25) is 0 Å². The predicted molar refractivity (Wildman–Crippen MR) is 267 cm³/mol. The molecule has 0 amide bonds. The van der Waals surface area contributed by atoms with Crippen LogP contribution in [0.2, 0.25) is 0 Å². The lowest BCUT2D eigenvalue weighted by atomic mass is 9.88. The lowest BCUT2D eigenvalue weighted by Crippen LogP contribution is -2.16. The van der Waals surface area contributed by atoms with Crippen LogP contribution in [0.1, 0.15) is 87.5 Å². The number of rotatable bonds is 21. The molecule has 1 aliphatic rings. The van der Waals surface area contributed by atoms with E-state index in [1.807, 2.05) is 39.8 Å². The van der Waals surface area contributed by atoms with Gasteiger partial charge in [-0.1, -0.05) is 90.5 Å². The van der Waals surface area contributed by atoms with Gasteiger partial charge in [0.25, 0.3) is 0 Å². The smallest absolute Gasteiger partial charge is 0.333 e. The predicted octanol–water partition coefficient (Wildman–Crippen LogP) is 8.74. The molecule has 0 N–H and O–H groups in total. The number of aryl methyl sites for hydroxylation is 4. The molecule has 0 unspecified atom stereocenters. The maximum atomic E-state index is 12.5. The van der Waals surface area contributed by atoms with Gasteiger partial charge in [-0.2, -0.15) is 0 Å². The van der Waals surface area contributed by atoms with Crippen LogP contribution in [0.4, 0.5) is 0 Å². The Hall–Kier alpha value is -7.61. The minimum Gasteiger partial charge on any atom is -0.489 e. The highest BCUT2D eigenvalue weighted by molar-refractivity contribution is 5.91. The zero-order chi connectivity index (χ0) is 51.8. The van der Waals surface area contributed by atoms with Crippen LogP contribution < -0.4 is 18.9 Å². The number of esters is 5. The molecule has 8 bridgehead atoms. The topological polar surface area (TPSA) is 168 Å². The first-order valence-corrected chi connectivity index (χ1v) is 23.2. The minimum atomic E-state index is -0.740. The number of methoxy groups -OCH3 is 1. The largest absolute Gasteiger partial charge is 0.489 e. The second-order valence-corrected chi connectivity index (χ2v) is 17.5. The Morgan fingerprint density at radius 2 is 0.620 bits per heavy atom. The lowest BCUT2D eigenvalue weighted by molar-refractivity contribution is -0.140. The molecular weight excluding hydrogens is 909 g/mol. The van der Waals surface area contributed by atoms with Crippen LogP contribution in [0.5, 0.6) is 23.0 Å². The van der Waals surface area contributed by atoms with Crippen LogP contribution in [0, 0.1) is 27.7 Å². The minimum absolute atomic E-state index is 0.0212. The van der Waals surface area contributed by atoms with Crippen molar-refractivity contribution in [3.63, 3.8) is 0 Å². The summed E-state index contributed by atoms with van der Waals surface area (Å²) in [5.41, 5.74) is 11.3. The van der Waals surface area contributed by atoms with E-state index in [0.29, 0.717) is 48.7 Å². The summed E-state index contributed by atoms with van der Waals surface area (Å²) in [4.78, 5) is 61.3. The molecular formula is C57H64O14. The number of carbonyl (C=O) groups excluding carboxylic acids is 5. The first kappa shape index (κ1) is 54.3. The molecule has 0 heterocycles. The maximum absolute atomic E-state index is 12.5. The molecule has 376 valence electrons. The molecule has 0 saturated heterocycles. The molecule has 0 saturated carbocycles. The van der Waals surface area contributed by atoms with Crippen molar-refractivity contribution in [1.29, 1.82) is 0 Å². The van der Waals surface area contributed by atoms with Crippen molar-refractivity contribution < 1.29 is 66.6 Å². The molecule has 0 radical (unpaired) electrons. The first-order valence-electron chi connectivity index (χ1n) is 23.2. The molecule has 0 fully saturated rings. The standard InChI is InChI=1S/C57H64O14/c1-34(2)55(60)69-19-16-66-52-43-24-38(8)26-45(52)32-47-28-40(10)29-48(54(47)68-18-21-71-57(62)36(5)6)33-46-27-39(9)25-44(53(46)67-17-20-70-56(61)35(3)4)31-42-23-37(7)22-41(30-43)51(42)65-15-14-64-50(59)13-12-49(58)63-11/h12-13,22-29H,1,3,5,14-21,30-33H2,2,4,6-11H3/b13-12-. The molecule has 0 aromatic heterocycles. The number of carbonyl (C=O) groups is 5. The van der Waals surface area contributed by atoms with Crippen molar-refractivity contribution in [2.45, 2.75) is 74.1 Å². The van der Waals surface area contributed by atoms with E-state index >= 15 is 0 Å². The van der Waals surface area contributed by atoms with Crippen LogP contribution in [-0.2, 0) is 73.3 Å². The Bertz CT molecular complexity index is 2580. The summed E-state index contributed by atoms with van der Waals surface area (Å²) in [6.07, 6.45) is 3.32. The molecule has 71 heavy (non-hydrogen) atoms. The van der Waals surface area contributed by atoms with Gasteiger partial charge in [-0.05, 0) is 93.0 Å². The van der Waals surface area contributed by atoms with Crippen LogP contribution in [0.15, 0.2) is 97.1 Å². The zero-order valence-electron chi connectivity index (χ0n) is 42.1. The van der Waals surface area contributed by atoms with Crippen molar-refractivity contribution in [3.8, 4) is 23.0 Å². The Balaban J connectivity index is 1.72. The van der Waals surface area contributed by atoms with Crippen molar-refractivity contribution >= 4 is 29.8 Å². The third kappa shape index (κ3) is 16.0. The molecule has 0 spiro atoms. The zero-order valence-corrected chi connectivity index (χ0v) is 42.1. The van der Waals surface area contributed by atoms with Gasteiger partial charge < -0.3 is 42.6 Å². The molecule has 1 aliphatic carbocycles. The van der Waals surface area contributed by atoms with E-state index in [-0.39, 0.29) is 69.6 Å². The molecule has 5 rings (SSSR count). The van der Waals surface area contributed by atoms with E-state index in [4.69, 9.17) is 37.9 Å². The van der Waals surface area contributed by atoms with Gasteiger partial charge in [-0.25, -0.2) is 24.0 Å². The molecule has 14 heteroatoms. The fraction of sp³-hybridized carbons (Fsp3) is 0.351. The third-order valence-corrected chi connectivity index (χ3v) is 10.9. The summed E-state index contributed by atoms with van der Waals surface area (Å²) < 4.78 is 52.9. The summed E-state index contributed by atoms with van der Waals surface area (Å²) >= 11 is 0. The number of hydrogen-bond acceptors (Lipinski definition) is 14. The van der Waals surface area contributed by atoms with Gasteiger partial charge in [0.05, 0.1) is 7.11 Å². The fourth-order valence-electron chi connectivity index (χ4n) is 8.07. The van der Waals surface area contributed by atoms with Crippen LogP contribution in [-0.4, -0.2) is 89.8 Å². The Kier molecular flexibility index (Phi) is 19.8. The summed E-state index contributed by atoms with van der Waals surface area (Å²) in [6, 6.07) is 16.4. The number of hydrogen-bond donors (Lipinski definition) is 0. The van der Waals surface area contributed by atoms with Crippen molar-refractivity contribution in [2.75, 3.05) is 60.0 Å². The average Bonchev–Trinajstić information content (AvgIpc) is 3.30. The Labute approximate surface area is 416 Å². The van der Waals surface area contributed by atoms with Gasteiger partial charge in [-0.15, -0.1) is 0 Å². The van der Waals surface area contributed by atoms with Crippen molar-refractivity contribution in [2.24, 2.45) is 0 Å². The monoisotopic (exact) mass is 972 g/mol. The van der Waals surface area contributed by atoms with Gasteiger partial charge in [0.15, 0.2) is 0 Å². The highest BCUT2D eigenvalue weighted by Crippen LogP contribution is 2.40. The first-order chi connectivity index (χ1) is 33.8. The average molecular weight is 973 g/mol. The second kappa shape index (κ2) is 25.8. The summed E-state index contributed by atoms with van der Waals surface area (Å²) in [5, 5.41) is 0. The van der Waals surface area contributed by atoms with Gasteiger partial charge in [0.1, 0.15) is 75.9 Å². The molecule has 0 aliphatic heterocycles. The van der Waals surface area contributed by atoms with Gasteiger partial charge >= 0.3 is 29.8 Å². The van der Waals surface area contributed by atoms with Gasteiger partial charge in [-0.3, -0.25) is 0 Å². The molecule has 0 atom stereocenters. The Morgan fingerprint density at radius 1 is 0.394 bits per heavy atom. The van der Waals surface area contributed by atoms with E-state index in [0.717, 1.165) is 78.9 Å². The number of ether oxygens (including phenoxy) is 9. The van der Waals surface area contributed by atoms with Crippen molar-refractivity contribution in [3.05, 3.63) is 164 Å². The Morgan fingerprint density at radius 3 is 0.845 bits per heavy atom. The number of fused-ring (bicyclic) bond motifs is 8. The molecule has 4 aromatic rings. The molecule has 14 nitrogen and oxygen atoms in total. The fourth-order valence-corrected chi connectivity index (χ4v) is 8.07. The van der Waals surface area contributed by atoms with Gasteiger partial charge in [0, 0.05) is 54.6 Å². The quantitative estimate of drug-likeness (QED) is 0.0296. The summed E-state index contributed by atoms with van der Waals surface area (Å²) in [7, 11) is 1.21. The van der Waals surface area contributed by atoms with E-state index in [1.54, 1.807) is 20.8 Å². The molecule has 4 aromatic carbocycles. The second-order valence-electron chi connectivity index (χ2n) is 17.5. The van der Waals surface area contributed by atoms with E-state index in [9.17, 15) is 24.0 Å². The van der Waals surface area contributed by atoms with Crippen LogP contribution in [0.3, 0.4) is 0 Å². The van der Waals surface area contributed by atoms with Crippen LogP contribution >= 0.6 is 0 Å². The normalized spacial score (nSPS) is 11.7. The van der Waals surface area contributed by atoms with E-state index in [1.165, 1.54) is 7.11 Å². The summed E-state index contributed by atoms with van der Waals surface area (Å²) in [5.74, 6) is -0.682. The van der Waals surface area contributed by atoms with E-state index in [2.05, 4.69) is 60.9 Å². The lowest BCUT2D eigenvalue weighted by Gasteiger charge is -2.24. The maximum Gasteiger partial charge on any atom is 0.333 e. The highest BCUT2D eigenvalue weighted by Gasteiger charge is 2.24.